The fourth-order valence-electron chi connectivity index (χ4n) is 3.83. The lowest BCUT2D eigenvalue weighted by Gasteiger charge is -2.14. The fraction of sp³-hybridized carbons (Fsp3) is 0.240. The molecule has 0 bridgehead atoms. The third-order valence-electron chi connectivity index (χ3n) is 5.50. The Hall–Kier alpha value is -3.71. The van der Waals surface area contributed by atoms with Crippen molar-refractivity contribution >= 4 is 11.4 Å². The fourth-order valence-corrected chi connectivity index (χ4v) is 3.83. The number of fused-ring (bicyclic) bond motifs is 1. The van der Waals surface area contributed by atoms with Crippen LogP contribution >= 0.6 is 0 Å². The molecule has 0 aliphatic carbocycles. The van der Waals surface area contributed by atoms with Crippen molar-refractivity contribution < 1.29 is 9.90 Å². The molecule has 0 radical (unpaired) electrons. The number of nitrogens with one attached hydrogen (secondary N) is 1. The number of hydrogen-bond acceptors (Lipinski definition) is 4. The third kappa shape index (κ3) is 4.63. The van der Waals surface area contributed by atoms with Crippen LogP contribution in [0.1, 0.15) is 24.5 Å². The van der Waals surface area contributed by atoms with Crippen molar-refractivity contribution in [1.82, 2.24) is 19.5 Å². The van der Waals surface area contributed by atoms with Gasteiger partial charge in [-0.3, -0.25) is 9.59 Å². The number of aliphatic hydroxyl groups excluding tert-OH is 1. The molecule has 2 aromatic carbocycles. The molecule has 0 aliphatic rings. The van der Waals surface area contributed by atoms with E-state index in [-0.39, 0.29) is 36.2 Å². The maximum absolute atomic E-state index is 13.1. The van der Waals surface area contributed by atoms with Crippen LogP contribution in [0.5, 0.6) is 0 Å². The van der Waals surface area contributed by atoms with Crippen LogP contribution in [0.15, 0.2) is 77.9 Å². The Balaban J connectivity index is 1.50. The van der Waals surface area contributed by atoms with Crippen molar-refractivity contribution in [3.05, 3.63) is 94.5 Å². The largest absolute Gasteiger partial charge is 0.392 e. The minimum absolute atomic E-state index is 0.0187. The summed E-state index contributed by atoms with van der Waals surface area (Å²) in [4.78, 5) is 25.7. The van der Waals surface area contributed by atoms with Crippen molar-refractivity contribution in [2.24, 2.45) is 0 Å². The summed E-state index contributed by atoms with van der Waals surface area (Å²) >= 11 is 0. The number of aliphatic hydroxyl groups is 1. The van der Waals surface area contributed by atoms with Crippen LogP contribution in [-0.2, 0) is 24.4 Å². The zero-order valence-electron chi connectivity index (χ0n) is 17.9. The first kappa shape index (κ1) is 21.5. The molecule has 0 spiro atoms. The van der Waals surface area contributed by atoms with Crippen LogP contribution in [0.25, 0.3) is 16.8 Å². The van der Waals surface area contributed by atoms with E-state index >= 15 is 0 Å². The van der Waals surface area contributed by atoms with E-state index in [9.17, 15) is 14.7 Å². The zero-order valence-corrected chi connectivity index (χ0v) is 17.9. The summed E-state index contributed by atoms with van der Waals surface area (Å²) in [6, 6.07) is 19.5. The molecule has 0 saturated carbocycles. The SMILES string of the molecule is C[C@H](CCc1ccccc1)NC(=O)Cn1ccn2nc(-c3ccccc3)c(CO)c2c1=O. The predicted molar refractivity (Wildman–Crippen MR) is 123 cm³/mol. The molecule has 7 nitrogen and oxygen atoms in total. The Morgan fingerprint density at radius 2 is 1.75 bits per heavy atom. The number of aryl methyl sites for hydroxylation is 1. The Morgan fingerprint density at radius 1 is 1.06 bits per heavy atom. The summed E-state index contributed by atoms with van der Waals surface area (Å²) in [6.07, 6.45) is 4.86. The first-order chi connectivity index (χ1) is 15.6. The average Bonchev–Trinajstić information content (AvgIpc) is 3.20. The number of nitrogens with zero attached hydrogens (tertiary/aromatic N) is 3. The van der Waals surface area contributed by atoms with Gasteiger partial charge < -0.3 is 15.0 Å². The second kappa shape index (κ2) is 9.62. The molecular weight excluding hydrogens is 404 g/mol. The van der Waals surface area contributed by atoms with Gasteiger partial charge in [-0.25, -0.2) is 4.52 Å². The highest BCUT2D eigenvalue weighted by molar-refractivity contribution is 5.76. The lowest BCUT2D eigenvalue weighted by atomic mass is 10.1. The summed E-state index contributed by atoms with van der Waals surface area (Å²) in [5.41, 5.74) is 2.96. The number of benzene rings is 2. The summed E-state index contributed by atoms with van der Waals surface area (Å²) in [5.74, 6) is -0.231. The van der Waals surface area contributed by atoms with Gasteiger partial charge in [0.25, 0.3) is 5.56 Å². The standard InChI is InChI=1S/C25H26N4O3/c1-18(12-13-19-8-4-2-5-9-19)26-22(31)16-28-14-15-29-24(25(28)32)21(17-30)23(27-29)20-10-6-3-7-11-20/h2-11,14-15,18,30H,12-13,16-17H2,1H3,(H,26,31)/t18-/m1/s1. The van der Waals surface area contributed by atoms with Crippen LogP contribution in [0.2, 0.25) is 0 Å². The van der Waals surface area contributed by atoms with Gasteiger partial charge >= 0.3 is 0 Å². The van der Waals surface area contributed by atoms with E-state index in [0.29, 0.717) is 11.3 Å². The van der Waals surface area contributed by atoms with E-state index in [1.54, 1.807) is 12.4 Å². The average molecular weight is 431 g/mol. The van der Waals surface area contributed by atoms with Gasteiger partial charge in [-0.05, 0) is 25.3 Å². The molecule has 4 aromatic rings. The molecule has 0 fully saturated rings. The predicted octanol–water partition coefficient (Wildman–Crippen LogP) is 2.79. The van der Waals surface area contributed by atoms with E-state index in [0.717, 1.165) is 18.4 Å². The molecule has 1 atom stereocenters. The van der Waals surface area contributed by atoms with E-state index in [4.69, 9.17) is 0 Å². The van der Waals surface area contributed by atoms with Crippen LogP contribution in [0.3, 0.4) is 0 Å². The van der Waals surface area contributed by atoms with Gasteiger partial charge in [-0.15, -0.1) is 0 Å². The van der Waals surface area contributed by atoms with Crippen molar-refractivity contribution in [3.63, 3.8) is 0 Å². The Bertz CT molecular complexity index is 1260. The second-order valence-corrected chi connectivity index (χ2v) is 7.87. The zero-order chi connectivity index (χ0) is 22.5. The highest BCUT2D eigenvalue weighted by Crippen LogP contribution is 2.24. The lowest BCUT2D eigenvalue weighted by Crippen LogP contribution is -2.37. The van der Waals surface area contributed by atoms with Crippen LogP contribution in [-0.4, -0.2) is 31.2 Å². The Kier molecular flexibility index (Phi) is 6.47. The van der Waals surface area contributed by atoms with E-state index in [1.807, 2.05) is 55.5 Å². The van der Waals surface area contributed by atoms with Gasteiger partial charge in [0, 0.05) is 29.6 Å². The number of carbonyl (C=O) groups excluding carboxylic acids is 1. The van der Waals surface area contributed by atoms with Gasteiger partial charge in [0.1, 0.15) is 12.1 Å². The monoisotopic (exact) mass is 430 g/mol. The molecule has 7 heteroatoms. The number of rotatable bonds is 8. The highest BCUT2D eigenvalue weighted by atomic mass is 16.3. The van der Waals surface area contributed by atoms with E-state index in [2.05, 4.69) is 22.5 Å². The Morgan fingerprint density at radius 3 is 2.44 bits per heavy atom. The van der Waals surface area contributed by atoms with E-state index < -0.39 is 0 Å². The first-order valence-electron chi connectivity index (χ1n) is 10.7. The third-order valence-corrected chi connectivity index (χ3v) is 5.50. The number of hydrogen-bond donors (Lipinski definition) is 2. The minimum Gasteiger partial charge on any atom is -0.392 e. The lowest BCUT2D eigenvalue weighted by molar-refractivity contribution is -0.122. The van der Waals surface area contributed by atoms with Gasteiger partial charge in [0.2, 0.25) is 5.91 Å². The molecule has 2 aromatic heterocycles. The molecule has 2 N–H and O–H groups in total. The molecule has 0 saturated heterocycles. The van der Waals surface area contributed by atoms with Crippen molar-refractivity contribution in [3.8, 4) is 11.3 Å². The van der Waals surface area contributed by atoms with Crippen LogP contribution in [0.4, 0.5) is 0 Å². The molecule has 4 rings (SSSR count). The van der Waals surface area contributed by atoms with Crippen molar-refractivity contribution in [2.75, 3.05) is 0 Å². The summed E-state index contributed by atoms with van der Waals surface area (Å²) in [7, 11) is 0. The number of amides is 1. The molecular formula is C25H26N4O3. The number of carbonyl (C=O) groups is 1. The van der Waals surface area contributed by atoms with Crippen LogP contribution < -0.4 is 10.9 Å². The smallest absolute Gasteiger partial charge is 0.277 e. The highest BCUT2D eigenvalue weighted by Gasteiger charge is 2.18. The first-order valence-corrected chi connectivity index (χ1v) is 10.7. The second-order valence-electron chi connectivity index (χ2n) is 7.87. The topological polar surface area (TPSA) is 88.6 Å². The minimum atomic E-state index is -0.363. The van der Waals surface area contributed by atoms with Crippen molar-refractivity contribution in [2.45, 2.75) is 39.0 Å². The molecule has 0 unspecified atom stereocenters. The summed E-state index contributed by atoms with van der Waals surface area (Å²) < 4.78 is 2.82. The maximum atomic E-state index is 13.1. The summed E-state index contributed by atoms with van der Waals surface area (Å²) in [5, 5.41) is 17.4. The molecule has 1 amide bonds. The molecule has 0 aliphatic heterocycles. The molecule has 32 heavy (non-hydrogen) atoms. The summed E-state index contributed by atoms with van der Waals surface area (Å²) in [6.45, 7) is 1.54. The van der Waals surface area contributed by atoms with Crippen molar-refractivity contribution in [1.29, 1.82) is 0 Å². The normalized spacial score (nSPS) is 12.1. The molecule has 2 heterocycles. The quantitative estimate of drug-likeness (QED) is 0.450. The maximum Gasteiger partial charge on any atom is 0.277 e. The Labute approximate surface area is 186 Å². The van der Waals surface area contributed by atoms with Gasteiger partial charge in [0.05, 0.1) is 12.3 Å². The van der Waals surface area contributed by atoms with Gasteiger partial charge in [-0.1, -0.05) is 60.7 Å². The number of aromatic nitrogens is 3. The van der Waals surface area contributed by atoms with Gasteiger partial charge in [0.15, 0.2) is 0 Å². The van der Waals surface area contributed by atoms with E-state index in [1.165, 1.54) is 14.6 Å². The van der Waals surface area contributed by atoms with Gasteiger partial charge in [-0.2, -0.15) is 5.10 Å². The molecule has 164 valence electrons. The van der Waals surface area contributed by atoms with Crippen LogP contribution in [0, 0.1) is 0 Å².